The van der Waals surface area contributed by atoms with Gasteiger partial charge in [0, 0.05) is 20.8 Å². The molecule has 0 unspecified atom stereocenters. The predicted octanol–water partition coefficient (Wildman–Crippen LogP) is -9.43. The van der Waals surface area contributed by atoms with Gasteiger partial charge in [0.2, 0.25) is 0 Å². The number of halogens is 1. The van der Waals surface area contributed by atoms with E-state index in [1.165, 1.54) is 0 Å². The Kier molecular flexibility index (Phi) is 42.6. The molecule has 0 bridgehead atoms. The van der Waals surface area contributed by atoms with Crippen molar-refractivity contribution in [1.29, 1.82) is 0 Å². The van der Waals surface area contributed by atoms with E-state index < -0.39 is 20.8 Å². The van der Waals surface area contributed by atoms with E-state index in [0.29, 0.717) is 0 Å². The minimum absolute atomic E-state index is 0. The standard InChI is InChI=1S/2Ca.ClH.Na.2H2O4S/c;;;;2*1-5(2,3)4/h;;1H;;2*(H2,1,2,3,4)/q2*+2;;+1;;/p-5. The fraction of sp³-hybridized carbons (Fsp3) is 0. The summed E-state index contributed by atoms with van der Waals surface area (Å²) >= 11 is 0. The third kappa shape index (κ3) is 261. The largest absolute Gasteiger partial charge is 2.00 e. The van der Waals surface area contributed by atoms with Crippen LogP contribution in [0.3, 0.4) is 0 Å². The molecule has 14 heteroatoms. The van der Waals surface area contributed by atoms with Gasteiger partial charge >= 0.3 is 105 Å². The van der Waals surface area contributed by atoms with Crippen LogP contribution in [0.2, 0.25) is 0 Å². The molecular formula is Ca2ClNaO8S2. The Balaban J connectivity index is -0.0000000178. The maximum Gasteiger partial charge on any atom is 2.00 e. The maximum absolute atomic E-state index is 8.52. The minimum atomic E-state index is -5.17. The second kappa shape index (κ2) is 16.5. The Morgan fingerprint density at radius 1 is 0.643 bits per heavy atom. The summed E-state index contributed by atoms with van der Waals surface area (Å²) in [5.41, 5.74) is 0. The van der Waals surface area contributed by atoms with Crippen LogP contribution in [0.1, 0.15) is 0 Å². The minimum Gasteiger partial charge on any atom is -1.00 e. The van der Waals surface area contributed by atoms with Crippen LogP contribution in [-0.4, -0.2) is 111 Å². The van der Waals surface area contributed by atoms with Crippen molar-refractivity contribution in [1.82, 2.24) is 0 Å². The van der Waals surface area contributed by atoms with Crippen molar-refractivity contribution in [2.45, 2.75) is 0 Å². The molecule has 0 saturated carbocycles. The van der Waals surface area contributed by atoms with E-state index in [4.69, 9.17) is 35.0 Å². The van der Waals surface area contributed by atoms with Crippen LogP contribution in [-0.2, 0) is 20.8 Å². The molecule has 0 aliphatic heterocycles. The second-order valence-corrected chi connectivity index (χ2v) is 2.45. The molecule has 0 fully saturated rings. The van der Waals surface area contributed by atoms with Gasteiger partial charge < -0.3 is 30.6 Å². The number of hydrogen-bond donors (Lipinski definition) is 0. The molecule has 0 aromatic carbocycles. The van der Waals surface area contributed by atoms with Crippen molar-refractivity contribution in [2.24, 2.45) is 0 Å². The van der Waals surface area contributed by atoms with E-state index in [2.05, 4.69) is 0 Å². The summed E-state index contributed by atoms with van der Waals surface area (Å²) in [6.45, 7) is 0. The van der Waals surface area contributed by atoms with Gasteiger partial charge in [0.25, 0.3) is 0 Å². The van der Waals surface area contributed by atoms with Gasteiger partial charge in [-0.05, 0) is 0 Å². The third-order valence-corrected chi connectivity index (χ3v) is 0. The first-order valence-corrected chi connectivity index (χ1v) is 4.00. The monoisotopic (exact) mass is 330 g/mol. The summed E-state index contributed by atoms with van der Waals surface area (Å²) in [4.78, 5) is 0. The first kappa shape index (κ1) is 36.0. The Labute approximate surface area is 169 Å². The van der Waals surface area contributed by atoms with E-state index in [0.717, 1.165) is 0 Å². The van der Waals surface area contributed by atoms with Crippen molar-refractivity contribution >= 4 is 96.3 Å². The number of hydrogen-bond acceptors (Lipinski definition) is 8. The van der Waals surface area contributed by atoms with Crippen LogP contribution in [0.15, 0.2) is 0 Å². The quantitative estimate of drug-likeness (QED) is 0.240. The molecule has 0 rings (SSSR count). The first-order valence-electron chi connectivity index (χ1n) is 1.33. The summed E-state index contributed by atoms with van der Waals surface area (Å²) in [6, 6.07) is 0. The van der Waals surface area contributed by atoms with Gasteiger partial charge in [-0.1, -0.05) is 0 Å². The van der Waals surface area contributed by atoms with Gasteiger partial charge in [-0.3, -0.25) is 16.8 Å². The Morgan fingerprint density at radius 3 is 0.643 bits per heavy atom. The van der Waals surface area contributed by atoms with E-state index in [9.17, 15) is 0 Å². The van der Waals surface area contributed by atoms with Gasteiger partial charge in [-0.15, -0.1) is 0 Å². The predicted molar refractivity (Wildman–Crippen MR) is 32.5 cm³/mol. The molecule has 72 valence electrons. The molecule has 0 aromatic heterocycles. The Bertz CT molecular complexity index is 222. The SMILES string of the molecule is O=S(=O)([O-])[O-].O=S(=O)([O-])[O-].[Ca+2].[Ca+2].[Cl-].[Na+]. The van der Waals surface area contributed by atoms with Crippen molar-refractivity contribution in [2.75, 3.05) is 0 Å². The molecule has 14 heavy (non-hydrogen) atoms. The summed E-state index contributed by atoms with van der Waals surface area (Å²) < 4.78 is 68.2. The van der Waals surface area contributed by atoms with E-state index in [1.54, 1.807) is 0 Å². The van der Waals surface area contributed by atoms with E-state index in [1.807, 2.05) is 0 Å². The van der Waals surface area contributed by atoms with Crippen molar-refractivity contribution in [3.8, 4) is 0 Å². The van der Waals surface area contributed by atoms with Crippen LogP contribution < -0.4 is 42.0 Å². The molecule has 0 radical (unpaired) electrons. The molecule has 0 heterocycles. The third-order valence-electron chi connectivity index (χ3n) is 0. The Hall–Kier alpha value is 3.55. The van der Waals surface area contributed by atoms with Crippen molar-refractivity contribution in [3.05, 3.63) is 0 Å². The molecular weight excluding hydrogens is 331 g/mol. The zero-order valence-electron chi connectivity index (χ0n) is 6.87. The molecule has 0 amide bonds. The summed E-state index contributed by atoms with van der Waals surface area (Å²) in [7, 11) is -10.3. The van der Waals surface area contributed by atoms with Gasteiger partial charge in [0.05, 0.1) is 0 Å². The van der Waals surface area contributed by atoms with Crippen LogP contribution in [0.5, 0.6) is 0 Å². The summed E-state index contributed by atoms with van der Waals surface area (Å²) in [5, 5.41) is 0. The van der Waals surface area contributed by atoms with Crippen LogP contribution >= 0.6 is 0 Å². The molecule has 0 atom stereocenters. The molecule has 0 spiro atoms. The van der Waals surface area contributed by atoms with Gasteiger partial charge in [-0.25, -0.2) is 0 Å². The molecule has 0 saturated heterocycles. The molecule has 0 aliphatic carbocycles. The average molecular weight is 331 g/mol. The maximum atomic E-state index is 8.52. The van der Waals surface area contributed by atoms with Gasteiger partial charge in [0.15, 0.2) is 0 Å². The van der Waals surface area contributed by atoms with Gasteiger partial charge in [0.1, 0.15) is 0 Å². The van der Waals surface area contributed by atoms with E-state index in [-0.39, 0.29) is 117 Å². The topological polar surface area (TPSA) is 161 Å². The Morgan fingerprint density at radius 2 is 0.643 bits per heavy atom. The fourth-order valence-electron chi connectivity index (χ4n) is 0. The normalized spacial score (nSPS) is 8.29. The first-order chi connectivity index (χ1) is 4.00. The van der Waals surface area contributed by atoms with Crippen LogP contribution in [0, 0.1) is 0 Å². The molecule has 0 N–H and O–H groups in total. The zero-order valence-corrected chi connectivity index (χ0v) is 15.7. The average Bonchev–Trinajstić information content (AvgIpc) is 1.12. The van der Waals surface area contributed by atoms with Gasteiger partial charge in [-0.2, -0.15) is 0 Å². The smallest absolute Gasteiger partial charge is 1.00 e. The second-order valence-electron chi connectivity index (χ2n) is 0.816. The van der Waals surface area contributed by atoms with E-state index >= 15 is 0 Å². The number of rotatable bonds is 0. The summed E-state index contributed by atoms with van der Waals surface area (Å²) in [6.07, 6.45) is 0. The fourth-order valence-corrected chi connectivity index (χ4v) is 0. The van der Waals surface area contributed by atoms with Crippen LogP contribution in [0.4, 0.5) is 0 Å². The molecule has 8 nitrogen and oxygen atoms in total. The van der Waals surface area contributed by atoms with Crippen molar-refractivity contribution < 1.29 is 77.0 Å². The van der Waals surface area contributed by atoms with Crippen molar-refractivity contribution in [3.63, 3.8) is 0 Å². The molecule has 0 aromatic rings. The zero-order chi connectivity index (χ0) is 9.00. The van der Waals surface area contributed by atoms with Crippen LogP contribution in [0.25, 0.3) is 0 Å². The molecule has 0 aliphatic rings. The summed E-state index contributed by atoms with van der Waals surface area (Å²) in [5.74, 6) is 0.